The molecule has 0 bridgehead atoms. The van der Waals surface area contributed by atoms with Crippen LogP contribution in [0.5, 0.6) is 0 Å². The molecule has 20 heavy (non-hydrogen) atoms. The van der Waals surface area contributed by atoms with Crippen LogP contribution in [0, 0.1) is 18.6 Å². The number of thiazole rings is 1. The van der Waals surface area contributed by atoms with Gasteiger partial charge >= 0.3 is 0 Å². The van der Waals surface area contributed by atoms with Crippen LogP contribution in [0.25, 0.3) is 0 Å². The first-order chi connectivity index (χ1) is 9.51. The maximum absolute atomic E-state index is 13.9. The third kappa shape index (κ3) is 3.39. The van der Waals surface area contributed by atoms with E-state index in [1.54, 1.807) is 11.3 Å². The van der Waals surface area contributed by atoms with Gasteiger partial charge in [-0.25, -0.2) is 13.8 Å². The Hall–Kier alpha value is -1.37. The molecular formula is C14H17F2N3S. The Morgan fingerprint density at radius 1 is 1.40 bits per heavy atom. The second-order valence-electron chi connectivity index (χ2n) is 4.69. The lowest BCUT2D eigenvalue weighted by molar-refractivity contribution is 0.234. The quantitative estimate of drug-likeness (QED) is 0.922. The van der Waals surface area contributed by atoms with Crippen LogP contribution < -0.4 is 5.73 Å². The van der Waals surface area contributed by atoms with Crippen LogP contribution in [-0.4, -0.2) is 23.5 Å². The number of hydrogen-bond donors (Lipinski definition) is 1. The molecule has 1 aromatic heterocycles. The lowest BCUT2D eigenvalue weighted by Gasteiger charge is -2.27. The van der Waals surface area contributed by atoms with Crippen molar-refractivity contribution < 1.29 is 8.78 Å². The first kappa shape index (κ1) is 15.0. The highest BCUT2D eigenvalue weighted by Gasteiger charge is 2.20. The van der Waals surface area contributed by atoms with E-state index in [4.69, 9.17) is 5.73 Å². The van der Waals surface area contributed by atoms with Crippen molar-refractivity contribution in [2.75, 3.05) is 13.6 Å². The largest absolute Gasteiger partial charge is 0.329 e. The molecule has 1 unspecified atom stereocenters. The molecule has 1 heterocycles. The first-order valence-electron chi connectivity index (χ1n) is 6.27. The Morgan fingerprint density at radius 2 is 2.15 bits per heavy atom. The van der Waals surface area contributed by atoms with Gasteiger partial charge in [0.05, 0.1) is 16.7 Å². The van der Waals surface area contributed by atoms with Crippen molar-refractivity contribution in [2.24, 2.45) is 5.73 Å². The number of aryl methyl sites for hydroxylation is 1. The van der Waals surface area contributed by atoms with Crippen LogP contribution in [-0.2, 0) is 6.54 Å². The number of nitrogens with zero attached hydrogens (tertiary/aromatic N) is 2. The zero-order chi connectivity index (χ0) is 14.7. The minimum Gasteiger partial charge on any atom is -0.329 e. The van der Waals surface area contributed by atoms with Gasteiger partial charge in [-0.2, -0.15) is 0 Å². The molecule has 0 aliphatic carbocycles. The van der Waals surface area contributed by atoms with Crippen molar-refractivity contribution in [3.63, 3.8) is 0 Å². The van der Waals surface area contributed by atoms with E-state index in [1.165, 1.54) is 12.1 Å². The standard InChI is InChI=1S/C14H17F2N3S/c1-9-18-11(8-20-9)7-19(2)14(6-17)12-4-3-10(15)5-13(12)16/h3-5,8,14H,6-7,17H2,1-2H3. The number of nitrogens with two attached hydrogens (primary N) is 1. The summed E-state index contributed by atoms with van der Waals surface area (Å²) in [7, 11) is 1.86. The Kier molecular flexibility index (Phi) is 4.80. The summed E-state index contributed by atoms with van der Waals surface area (Å²) in [5.74, 6) is -1.15. The number of hydrogen-bond acceptors (Lipinski definition) is 4. The van der Waals surface area contributed by atoms with E-state index in [1.807, 2.05) is 24.3 Å². The molecule has 0 aliphatic rings. The van der Waals surface area contributed by atoms with Gasteiger partial charge in [-0.1, -0.05) is 6.07 Å². The van der Waals surface area contributed by atoms with E-state index >= 15 is 0 Å². The van der Waals surface area contributed by atoms with Crippen molar-refractivity contribution in [3.8, 4) is 0 Å². The zero-order valence-electron chi connectivity index (χ0n) is 11.4. The molecule has 6 heteroatoms. The monoisotopic (exact) mass is 297 g/mol. The van der Waals surface area contributed by atoms with Gasteiger partial charge in [-0.05, 0) is 20.0 Å². The highest BCUT2D eigenvalue weighted by atomic mass is 32.1. The predicted octanol–water partition coefficient (Wildman–Crippen LogP) is 2.86. The van der Waals surface area contributed by atoms with E-state index in [-0.39, 0.29) is 12.6 Å². The first-order valence-corrected chi connectivity index (χ1v) is 7.15. The molecule has 2 aromatic rings. The van der Waals surface area contributed by atoms with Crippen LogP contribution in [0.4, 0.5) is 8.78 Å². The average Bonchev–Trinajstić information content (AvgIpc) is 2.78. The number of likely N-dealkylation sites (N-methyl/N-ethyl adjacent to an activating group) is 1. The van der Waals surface area contributed by atoms with Crippen molar-refractivity contribution in [2.45, 2.75) is 19.5 Å². The van der Waals surface area contributed by atoms with Gasteiger partial charge in [-0.15, -0.1) is 11.3 Å². The van der Waals surface area contributed by atoms with Crippen molar-refractivity contribution in [3.05, 3.63) is 51.5 Å². The summed E-state index contributed by atoms with van der Waals surface area (Å²) in [6, 6.07) is 3.28. The SMILES string of the molecule is Cc1nc(CN(C)C(CN)c2ccc(F)cc2F)cs1. The summed E-state index contributed by atoms with van der Waals surface area (Å²) in [5.41, 5.74) is 7.08. The second-order valence-corrected chi connectivity index (χ2v) is 5.75. The minimum atomic E-state index is -0.584. The lowest BCUT2D eigenvalue weighted by Crippen LogP contribution is -2.31. The second kappa shape index (κ2) is 6.39. The van der Waals surface area contributed by atoms with Crippen LogP contribution in [0.15, 0.2) is 23.6 Å². The summed E-state index contributed by atoms with van der Waals surface area (Å²) >= 11 is 1.57. The van der Waals surface area contributed by atoms with Gasteiger partial charge in [0.15, 0.2) is 0 Å². The molecule has 0 spiro atoms. The molecule has 0 saturated carbocycles. The fourth-order valence-corrected chi connectivity index (χ4v) is 2.77. The molecule has 0 radical (unpaired) electrons. The van der Waals surface area contributed by atoms with E-state index in [0.717, 1.165) is 16.8 Å². The Morgan fingerprint density at radius 3 is 2.70 bits per heavy atom. The Bertz CT molecular complexity index is 586. The Balaban J connectivity index is 2.18. The summed E-state index contributed by atoms with van der Waals surface area (Å²) in [5, 5.41) is 2.96. The zero-order valence-corrected chi connectivity index (χ0v) is 12.3. The summed E-state index contributed by atoms with van der Waals surface area (Å²) in [6.45, 7) is 2.76. The van der Waals surface area contributed by atoms with Gasteiger partial charge in [0, 0.05) is 30.1 Å². The van der Waals surface area contributed by atoms with Crippen molar-refractivity contribution in [1.29, 1.82) is 0 Å². The normalized spacial score (nSPS) is 12.9. The number of benzene rings is 1. The van der Waals surface area contributed by atoms with Crippen LogP contribution in [0.3, 0.4) is 0 Å². The molecule has 1 aromatic carbocycles. The highest BCUT2D eigenvalue weighted by molar-refractivity contribution is 7.09. The number of rotatable bonds is 5. The molecule has 3 nitrogen and oxygen atoms in total. The topological polar surface area (TPSA) is 42.2 Å². The Labute approximate surface area is 121 Å². The molecule has 0 saturated heterocycles. The van der Waals surface area contributed by atoms with Crippen molar-refractivity contribution >= 4 is 11.3 Å². The molecule has 0 aliphatic heterocycles. The van der Waals surface area contributed by atoms with Crippen LogP contribution in [0.1, 0.15) is 22.3 Å². The van der Waals surface area contributed by atoms with E-state index < -0.39 is 11.6 Å². The maximum Gasteiger partial charge on any atom is 0.130 e. The molecule has 1 atom stereocenters. The molecule has 0 amide bonds. The van der Waals surface area contributed by atoms with E-state index in [2.05, 4.69) is 4.98 Å². The van der Waals surface area contributed by atoms with Crippen LogP contribution in [0.2, 0.25) is 0 Å². The van der Waals surface area contributed by atoms with Gasteiger partial charge in [0.2, 0.25) is 0 Å². The summed E-state index contributed by atoms with van der Waals surface area (Å²) in [6.07, 6.45) is 0. The molecular weight excluding hydrogens is 280 g/mol. The van der Waals surface area contributed by atoms with Crippen LogP contribution >= 0.6 is 11.3 Å². The molecule has 2 rings (SSSR count). The van der Waals surface area contributed by atoms with Gasteiger partial charge in [-0.3, -0.25) is 4.90 Å². The third-order valence-corrected chi connectivity index (χ3v) is 3.98. The smallest absolute Gasteiger partial charge is 0.130 e. The molecule has 0 fully saturated rings. The molecule has 108 valence electrons. The van der Waals surface area contributed by atoms with Gasteiger partial charge in [0.25, 0.3) is 0 Å². The average molecular weight is 297 g/mol. The summed E-state index contributed by atoms with van der Waals surface area (Å²) in [4.78, 5) is 6.30. The fourth-order valence-electron chi connectivity index (χ4n) is 2.16. The number of halogens is 2. The summed E-state index contributed by atoms with van der Waals surface area (Å²) < 4.78 is 26.8. The van der Waals surface area contributed by atoms with Gasteiger partial charge in [0.1, 0.15) is 11.6 Å². The number of aromatic nitrogens is 1. The predicted molar refractivity (Wildman–Crippen MR) is 76.5 cm³/mol. The maximum atomic E-state index is 13.9. The van der Waals surface area contributed by atoms with Crippen molar-refractivity contribution in [1.82, 2.24) is 9.88 Å². The third-order valence-electron chi connectivity index (χ3n) is 3.15. The van der Waals surface area contributed by atoms with E-state index in [9.17, 15) is 8.78 Å². The van der Waals surface area contributed by atoms with Gasteiger partial charge < -0.3 is 5.73 Å². The minimum absolute atomic E-state index is 0.252. The lowest BCUT2D eigenvalue weighted by atomic mass is 10.0. The molecule has 2 N–H and O–H groups in total. The highest BCUT2D eigenvalue weighted by Crippen LogP contribution is 2.24. The fraction of sp³-hybridized carbons (Fsp3) is 0.357. The van der Waals surface area contributed by atoms with E-state index in [0.29, 0.717) is 12.1 Å².